The highest BCUT2D eigenvalue weighted by Crippen LogP contribution is 2.35. The molecule has 5 unspecified atom stereocenters. The zero-order valence-corrected chi connectivity index (χ0v) is 20.1. The van der Waals surface area contributed by atoms with Gasteiger partial charge in [0.05, 0.1) is 30.8 Å². The van der Waals surface area contributed by atoms with E-state index in [1.54, 1.807) is 0 Å². The molecule has 0 saturated carbocycles. The summed E-state index contributed by atoms with van der Waals surface area (Å²) in [4.78, 5) is 4.71. The van der Waals surface area contributed by atoms with Gasteiger partial charge in [-0.25, -0.2) is 4.98 Å². The number of benzene rings is 2. The quantitative estimate of drug-likeness (QED) is 0.363. The number of thioether (sulfide) groups is 1. The molecule has 9 heteroatoms. The first-order valence-electron chi connectivity index (χ1n) is 11.5. The van der Waals surface area contributed by atoms with Crippen LogP contribution in [0.2, 0.25) is 0 Å². The Bertz CT molecular complexity index is 1070. The maximum absolute atomic E-state index is 10.5. The summed E-state index contributed by atoms with van der Waals surface area (Å²) in [7, 11) is 0. The van der Waals surface area contributed by atoms with Crippen molar-refractivity contribution in [2.24, 2.45) is 5.92 Å². The van der Waals surface area contributed by atoms with Crippen LogP contribution in [0.15, 0.2) is 53.7 Å². The van der Waals surface area contributed by atoms with Crippen molar-refractivity contribution in [1.82, 2.24) is 9.55 Å². The van der Waals surface area contributed by atoms with Crippen LogP contribution in [-0.2, 0) is 11.3 Å². The van der Waals surface area contributed by atoms with Crippen LogP contribution in [0.3, 0.4) is 0 Å². The molecule has 1 fully saturated rings. The molecule has 1 aliphatic heterocycles. The lowest BCUT2D eigenvalue weighted by molar-refractivity contribution is -0.205. The molecule has 0 aliphatic carbocycles. The lowest BCUT2D eigenvalue weighted by Crippen LogP contribution is -2.57. The van der Waals surface area contributed by atoms with E-state index in [-0.39, 0.29) is 0 Å². The minimum absolute atomic E-state index is 0.468. The monoisotopic (exact) mass is 488 g/mol. The summed E-state index contributed by atoms with van der Waals surface area (Å²) >= 11 is 1.16. The minimum Gasteiger partial charge on any atom is -0.494 e. The van der Waals surface area contributed by atoms with Crippen molar-refractivity contribution >= 4 is 22.8 Å². The fraction of sp³-hybridized carbons (Fsp3) is 0.480. The largest absolute Gasteiger partial charge is 0.494 e. The molecule has 0 amide bonds. The van der Waals surface area contributed by atoms with E-state index in [1.807, 2.05) is 53.1 Å². The van der Waals surface area contributed by atoms with Crippen molar-refractivity contribution in [3.05, 3.63) is 54.1 Å². The van der Waals surface area contributed by atoms with Crippen molar-refractivity contribution in [3.8, 4) is 5.75 Å². The molecule has 5 atom stereocenters. The van der Waals surface area contributed by atoms with Gasteiger partial charge in [0.25, 0.3) is 0 Å². The van der Waals surface area contributed by atoms with Gasteiger partial charge in [0.15, 0.2) is 5.16 Å². The van der Waals surface area contributed by atoms with Crippen molar-refractivity contribution in [2.45, 2.75) is 61.8 Å². The first-order chi connectivity index (χ1) is 16.4. The Morgan fingerprint density at radius 3 is 2.47 bits per heavy atom. The Hall–Kier alpha value is -2.14. The fourth-order valence-electron chi connectivity index (χ4n) is 3.85. The summed E-state index contributed by atoms with van der Waals surface area (Å²) in [6.45, 7) is 5.09. The summed E-state index contributed by atoms with van der Waals surface area (Å²) in [6, 6.07) is 15.7. The summed E-state index contributed by atoms with van der Waals surface area (Å²) in [6.07, 6.45) is -4.11. The van der Waals surface area contributed by atoms with Crippen molar-refractivity contribution in [2.75, 3.05) is 13.2 Å². The SMILES string of the molecule is CC(C)CCOc1ccc(Cn2c(SC3OC(CO)C(O)C(O)C3O)nc3ccccc32)cc1. The molecule has 8 nitrogen and oxygen atoms in total. The predicted octanol–water partition coefficient (Wildman–Crippen LogP) is 2.40. The van der Waals surface area contributed by atoms with Crippen molar-refractivity contribution in [3.63, 3.8) is 0 Å². The number of aromatic nitrogens is 2. The summed E-state index contributed by atoms with van der Waals surface area (Å²) in [5.74, 6) is 1.42. The van der Waals surface area contributed by atoms with E-state index in [1.165, 1.54) is 0 Å². The number of aliphatic hydroxyl groups is 4. The molecule has 4 N–H and O–H groups in total. The van der Waals surface area contributed by atoms with Crippen LogP contribution in [0.4, 0.5) is 0 Å². The number of imidazole rings is 1. The van der Waals surface area contributed by atoms with Gasteiger partial charge in [-0.2, -0.15) is 0 Å². The standard InChI is InChI=1S/C25H32N2O6S/c1-15(2)11-12-32-17-9-7-16(8-10-17)13-27-19-6-4-3-5-18(19)26-25(27)34-24-23(31)22(30)21(29)20(14-28)33-24/h3-10,15,20-24,28-31H,11-14H2,1-2H3. The van der Waals surface area contributed by atoms with Gasteiger partial charge in [-0.05, 0) is 42.2 Å². The van der Waals surface area contributed by atoms with Crippen LogP contribution >= 0.6 is 11.8 Å². The van der Waals surface area contributed by atoms with Crippen LogP contribution in [-0.4, -0.2) is 73.0 Å². The van der Waals surface area contributed by atoms with Gasteiger partial charge in [0.2, 0.25) is 0 Å². The third kappa shape index (κ3) is 5.56. The molecule has 1 aromatic heterocycles. The summed E-state index contributed by atoms with van der Waals surface area (Å²) in [5, 5.41) is 40.8. The molecule has 2 aromatic carbocycles. The van der Waals surface area contributed by atoms with Crippen LogP contribution in [0.25, 0.3) is 11.0 Å². The number of fused-ring (bicyclic) bond motifs is 1. The van der Waals surface area contributed by atoms with Crippen molar-refractivity contribution in [1.29, 1.82) is 0 Å². The lowest BCUT2D eigenvalue weighted by atomic mass is 10.0. The zero-order valence-electron chi connectivity index (χ0n) is 19.3. The minimum atomic E-state index is -1.43. The Kier molecular flexibility index (Phi) is 8.13. The summed E-state index contributed by atoms with van der Waals surface area (Å²) < 4.78 is 13.5. The van der Waals surface area contributed by atoms with Crippen LogP contribution in [0.1, 0.15) is 25.8 Å². The second kappa shape index (κ2) is 11.1. The van der Waals surface area contributed by atoms with E-state index in [4.69, 9.17) is 14.5 Å². The maximum Gasteiger partial charge on any atom is 0.171 e. The van der Waals surface area contributed by atoms with E-state index < -0.39 is 36.5 Å². The second-order valence-corrected chi connectivity index (χ2v) is 10.0. The Balaban J connectivity index is 1.55. The third-order valence-corrected chi connectivity index (χ3v) is 7.06. The molecule has 34 heavy (non-hydrogen) atoms. The van der Waals surface area contributed by atoms with Crippen LogP contribution in [0, 0.1) is 5.92 Å². The highest BCUT2D eigenvalue weighted by Gasteiger charge is 2.44. The van der Waals surface area contributed by atoms with E-state index >= 15 is 0 Å². The molecular weight excluding hydrogens is 456 g/mol. The summed E-state index contributed by atoms with van der Waals surface area (Å²) in [5.41, 5.74) is 1.87. The first kappa shape index (κ1) is 25.0. The number of para-hydroxylation sites is 2. The second-order valence-electron chi connectivity index (χ2n) is 8.96. The molecule has 0 bridgehead atoms. The topological polar surface area (TPSA) is 117 Å². The maximum atomic E-state index is 10.5. The molecule has 0 spiro atoms. The number of rotatable bonds is 9. The number of hydrogen-bond donors (Lipinski definition) is 4. The molecule has 0 radical (unpaired) electrons. The number of aliphatic hydroxyl groups excluding tert-OH is 4. The molecular formula is C25H32N2O6S. The Labute approximate surface area is 203 Å². The van der Waals surface area contributed by atoms with E-state index in [0.29, 0.717) is 24.2 Å². The van der Waals surface area contributed by atoms with Crippen molar-refractivity contribution < 1.29 is 29.9 Å². The van der Waals surface area contributed by atoms with Gasteiger partial charge < -0.3 is 34.5 Å². The van der Waals surface area contributed by atoms with Gasteiger partial charge in [-0.1, -0.05) is 49.9 Å². The van der Waals surface area contributed by atoms with Crippen LogP contribution in [0.5, 0.6) is 5.75 Å². The molecule has 4 rings (SSSR count). The molecule has 1 saturated heterocycles. The molecule has 3 aromatic rings. The van der Waals surface area contributed by atoms with Gasteiger partial charge in [-0.15, -0.1) is 0 Å². The average Bonchev–Trinajstić information content (AvgIpc) is 3.17. The predicted molar refractivity (Wildman–Crippen MR) is 130 cm³/mol. The van der Waals surface area contributed by atoms with Gasteiger partial charge in [0, 0.05) is 0 Å². The highest BCUT2D eigenvalue weighted by atomic mass is 32.2. The smallest absolute Gasteiger partial charge is 0.171 e. The van der Waals surface area contributed by atoms with Gasteiger partial charge in [0.1, 0.15) is 35.6 Å². The zero-order chi connectivity index (χ0) is 24.2. The Morgan fingerprint density at radius 2 is 1.76 bits per heavy atom. The number of ether oxygens (including phenoxy) is 2. The van der Waals surface area contributed by atoms with E-state index in [9.17, 15) is 20.4 Å². The number of hydrogen-bond acceptors (Lipinski definition) is 8. The fourth-order valence-corrected chi connectivity index (χ4v) is 5.00. The van der Waals surface area contributed by atoms with E-state index in [2.05, 4.69) is 13.8 Å². The Morgan fingerprint density at radius 1 is 1.03 bits per heavy atom. The highest BCUT2D eigenvalue weighted by molar-refractivity contribution is 7.99. The normalized spacial score (nSPS) is 25.2. The third-order valence-electron chi connectivity index (χ3n) is 5.92. The molecule has 1 aliphatic rings. The van der Waals surface area contributed by atoms with E-state index in [0.717, 1.165) is 40.5 Å². The lowest BCUT2D eigenvalue weighted by Gasteiger charge is -2.39. The van der Waals surface area contributed by atoms with Gasteiger partial charge >= 0.3 is 0 Å². The molecule has 184 valence electrons. The van der Waals surface area contributed by atoms with Crippen LogP contribution < -0.4 is 4.74 Å². The average molecular weight is 489 g/mol. The molecule has 2 heterocycles. The number of nitrogens with zero attached hydrogens (tertiary/aromatic N) is 2. The first-order valence-corrected chi connectivity index (χ1v) is 12.4. The van der Waals surface area contributed by atoms with Gasteiger partial charge in [-0.3, -0.25) is 0 Å².